The number of nitrogens with one attached hydrogen (secondary N) is 1. The van der Waals surface area contributed by atoms with Gasteiger partial charge in [0.25, 0.3) is 0 Å². The van der Waals surface area contributed by atoms with Crippen LogP contribution in [0.2, 0.25) is 0 Å². The van der Waals surface area contributed by atoms with Crippen molar-refractivity contribution in [2.45, 2.75) is 12.3 Å². The standard InChI is InChI=1S/C20H19N3O4/c1-12-5-4-6-14-16(10-21-18(12)14)20(11-23(25)26)15-9-13(27-3)7-8-17(15)22(2)19(20)24/h4-10,21H,11H2,1-3H3/t20-/m1/s1. The zero-order chi connectivity index (χ0) is 19.3. The molecule has 0 aliphatic carbocycles. The first-order valence-electron chi connectivity index (χ1n) is 8.56. The van der Waals surface area contributed by atoms with E-state index in [-0.39, 0.29) is 5.91 Å². The molecule has 0 spiro atoms. The maximum atomic E-state index is 13.4. The quantitative estimate of drug-likeness (QED) is 0.569. The lowest BCUT2D eigenvalue weighted by Gasteiger charge is -2.24. The van der Waals surface area contributed by atoms with Gasteiger partial charge in [0.1, 0.15) is 5.75 Å². The average molecular weight is 365 g/mol. The molecule has 0 unspecified atom stereocenters. The minimum absolute atomic E-state index is 0.315. The van der Waals surface area contributed by atoms with Crippen LogP contribution in [0, 0.1) is 17.0 Å². The number of para-hydroxylation sites is 1. The van der Waals surface area contributed by atoms with E-state index in [0.717, 1.165) is 16.5 Å². The number of aromatic nitrogens is 1. The van der Waals surface area contributed by atoms with Crippen molar-refractivity contribution in [2.24, 2.45) is 0 Å². The Labute approximate surface area is 155 Å². The zero-order valence-electron chi connectivity index (χ0n) is 15.3. The summed E-state index contributed by atoms with van der Waals surface area (Å²) in [5.74, 6) is 0.241. The molecule has 138 valence electrons. The number of carbonyl (C=O) groups is 1. The normalized spacial score (nSPS) is 18.8. The van der Waals surface area contributed by atoms with E-state index in [9.17, 15) is 14.9 Å². The summed E-state index contributed by atoms with van der Waals surface area (Å²) in [5, 5.41) is 12.5. The Bertz CT molecular complexity index is 1090. The van der Waals surface area contributed by atoms with Crippen LogP contribution in [-0.2, 0) is 10.2 Å². The second kappa shape index (κ2) is 5.84. The molecule has 7 heteroatoms. The SMILES string of the molecule is COc1ccc2c(c1)[C@](C[N+](=O)[O-])(c1c[nH]c3c(C)cccc13)C(=O)N2C. The molecule has 1 aromatic heterocycles. The number of aryl methyl sites for hydroxylation is 1. The number of anilines is 1. The number of nitrogens with zero attached hydrogens (tertiary/aromatic N) is 2. The first-order chi connectivity index (χ1) is 12.9. The fraction of sp³-hybridized carbons (Fsp3) is 0.250. The van der Waals surface area contributed by atoms with E-state index in [1.807, 2.05) is 25.1 Å². The lowest BCUT2D eigenvalue weighted by Crippen LogP contribution is -2.44. The highest BCUT2D eigenvalue weighted by atomic mass is 16.6. The summed E-state index contributed by atoms with van der Waals surface area (Å²) in [6.07, 6.45) is 1.72. The van der Waals surface area contributed by atoms with E-state index in [4.69, 9.17) is 4.74 Å². The molecule has 1 amide bonds. The number of aromatic amines is 1. The molecular formula is C20H19N3O4. The number of rotatable bonds is 4. The monoisotopic (exact) mass is 365 g/mol. The van der Waals surface area contributed by atoms with E-state index < -0.39 is 16.9 Å². The van der Waals surface area contributed by atoms with Crippen molar-refractivity contribution in [1.82, 2.24) is 4.98 Å². The van der Waals surface area contributed by atoms with Crippen molar-refractivity contribution < 1.29 is 14.5 Å². The highest BCUT2D eigenvalue weighted by molar-refractivity contribution is 6.12. The minimum atomic E-state index is -1.41. The van der Waals surface area contributed by atoms with Gasteiger partial charge in [-0.3, -0.25) is 14.9 Å². The minimum Gasteiger partial charge on any atom is -0.497 e. The second-order valence-corrected chi connectivity index (χ2v) is 6.84. The van der Waals surface area contributed by atoms with Gasteiger partial charge in [-0.05, 0) is 30.7 Å². The number of hydrogen-bond acceptors (Lipinski definition) is 4. The highest BCUT2D eigenvalue weighted by Crippen LogP contribution is 2.49. The van der Waals surface area contributed by atoms with Gasteiger partial charge >= 0.3 is 0 Å². The van der Waals surface area contributed by atoms with Crippen LogP contribution < -0.4 is 9.64 Å². The van der Waals surface area contributed by atoms with Gasteiger partial charge < -0.3 is 14.6 Å². The van der Waals surface area contributed by atoms with Crippen LogP contribution in [0.25, 0.3) is 10.9 Å². The maximum absolute atomic E-state index is 13.4. The third kappa shape index (κ3) is 2.24. The number of nitro groups is 1. The third-order valence-electron chi connectivity index (χ3n) is 5.44. The summed E-state index contributed by atoms with van der Waals surface area (Å²) >= 11 is 0. The Balaban J connectivity index is 2.09. The van der Waals surface area contributed by atoms with Gasteiger partial charge in [0.2, 0.25) is 12.5 Å². The number of ether oxygens (including phenoxy) is 1. The van der Waals surface area contributed by atoms with Crippen molar-refractivity contribution in [1.29, 1.82) is 0 Å². The number of amides is 1. The van der Waals surface area contributed by atoms with Gasteiger partial charge in [-0.2, -0.15) is 0 Å². The number of fused-ring (bicyclic) bond motifs is 2. The van der Waals surface area contributed by atoms with Crippen LogP contribution in [0.15, 0.2) is 42.6 Å². The predicted octanol–water partition coefficient (Wildman–Crippen LogP) is 3.02. The molecule has 1 N–H and O–H groups in total. The molecule has 0 saturated heterocycles. The molecule has 0 radical (unpaired) electrons. The number of H-pyrrole nitrogens is 1. The van der Waals surface area contributed by atoms with Crippen LogP contribution >= 0.6 is 0 Å². The van der Waals surface area contributed by atoms with E-state index in [0.29, 0.717) is 22.6 Å². The first-order valence-corrected chi connectivity index (χ1v) is 8.56. The third-order valence-corrected chi connectivity index (χ3v) is 5.44. The molecule has 1 atom stereocenters. The molecule has 1 aliphatic rings. The van der Waals surface area contributed by atoms with Gasteiger partial charge in [-0.25, -0.2) is 0 Å². The fourth-order valence-electron chi connectivity index (χ4n) is 4.14. The molecule has 27 heavy (non-hydrogen) atoms. The van der Waals surface area contributed by atoms with Crippen molar-refractivity contribution >= 4 is 22.5 Å². The average Bonchev–Trinajstić information content (AvgIpc) is 3.17. The van der Waals surface area contributed by atoms with Gasteiger partial charge in [-0.15, -0.1) is 0 Å². The molecule has 0 bridgehead atoms. The highest BCUT2D eigenvalue weighted by Gasteiger charge is 2.56. The second-order valence-electron chi connectivity index (χ2n) is 6.84. The summed E-state index contributed by atoms with van der Waals surface area (Å²) < 4.78 is 5.32. The summed E-state index contributed by atoms with van der Waals surface area (Å²) in [6, 6.07) is 11.0. The maximum Gasteiger partial charge on any atom is 0.248 e. The van der Waals surface area contributed by atoms with Gasteiger partial charge in [0, 0.05) is 45.9 Å². The number of benzene rings is 2. The number of hydrogen-bond donors (Lipinski definition) is 1. The van der Waals surface area contributed by atoms with E-state index in [1.54, 1.807) is 31.4 Å². The molecule has 0 saturated carbocycles. The molecule has 4 rings (SSSR count). The molecular weight excluding hydrogens is 346 g/mol. The van der Waals surface area contributed by atoms with Crippen molar-refractivity contribution in [2.75, 3.05) is 25.6 Å². The molecule has 3 aromatic rings. The van der Waals surface area contributed by atoms with Crippen LogP contribution in [0.1, 0.15) is 16.7 Å². The van der Waals surface area contributed by atoms with Crippen LogP contribution in [0.5, 0.6) is 5.75 Å². The molecule has 2 aromatic carbocycles. The van der Waals surface area contributed by atoms with E-state index in [1.165, 1.54) is 12.0 Å². The lowest BCUT2D eigenvalue weighted by molar-refractivity contribution is -0.486. The first kappa shape index (κ1) is 17.1. The lowest BCUT2D eigenvalue weighted by atomic mass is 9.75. The van der Waals surface area contributed by atoms with Crippen LogP contribution in [0.3, 0.4) is 0 Å². The summed E-state index contributed by atoms with van der Waals surface area (Å²) in [5.41, 5.74) is 2.34. The van der Waals surface area contributed by atoms with Crippen molar-refractivity contribution in [3.05, 3.63) is 69.4 Å². The number of carbonyl (C=O) groups excluding carboxylic acids is 1. The molecule has 7 nitrogen and oxygen atoms in total. The van der Waals surface area contributed by atoms with Crippen LogP contribution in [-0.4, -0.2) is 36.5 Å². The smallest absolute Gasteiger partial charge is 0.248 e. The zero-order valence-corrected chi connectivity index (χ0v) is 15.3. The van der Waals surface area contributed by atoms with Crippen molar-refractivity contribution in [3.8, 4) is 5.75 Å². The van der Waals surface area contributed by atoms with Crippen molar-refractivity contribution in [3.63, 3.8) is 0 Å². The van der Waals surface area contributed by atoms with Crippen LogP contribution in [0.4, 0.5) is 5.69 Å². The van der Waals surface area contributed by atoms with Gasteiger partial charge in [0.15, 0.2) is 5.41 Å². The summed E-state index contributed by atoms with van der Waals surface area (Å²) in [4.78, 5) is 29.4. The topological polar surface area (TPSA) is 88.5 Å². The molecule has 2 heterocycles. The Morgan fingerprint density at radius 2 is 2.04 bits per heavy atom. The number of methoxy groups -OCH3 is 1. The Kier molecular flexibility index (Phi) is 3.69. The van der Waals surface area contributed by atoms with E-state index in [2.05, 4.69) is 4.98 Å². The van der Waals surface area contributed by atoms with Gasteiger partial charge in [0.05, 0.1) is 7.11 Å². The predicted molar refractivity (Wildman–Crippen MR) is 102 cm³/mol. The number of likely N-dealkylation sites (N-methyl/N-ethyl adjacent to an activating group) is 1. The fourth-order valence-corrected chi connectivity index (χ4v) is 4.14. The summed E-state index contributed by atoms with van der Waals surface area (Å²) in [6.45, 7) is 1.43. The Morgan fingerprint density at radius 3 is 2.74 bits per heavy atom. The summed E-state index contributed by atoms with van der Waals surface area (Å²) in [7, 11) is 3.18. The van der Waals surface area contributed by atoms with Gasteiger partial charge in [-0.1, -0.05) is 18.2 Å². The Hall–Kier alpha value is -3.35. The molecule has 0 fully saturated rings. The Morgan fingerprint density at radius 1 is 1.26 bits per heavy atom. The van der Waals surface area contributed by atoms with E-state index >= 15 is 0 Å². The molecule has 1 aliphatic heterocycles. The largest absolute Gasteiger partial charge is 0.497 e.